The molecule has 0 amide bonds. The van der Waals surface area contributed by atoms with E-state index in [2.05, 4.69) is 15.9 Å². The van der Waals surface area contributed by atoms with Crippen molar-refractivity contribution in [3.8, 4) is 11.5 Å². The predicted octanol–water partition coefficient (Wildman–Crippen LogP) is 3.32. The number of esters is 1. The quantitative estimate of drug-likeness (QED) is 0.525. The average molecular weight is 391 g/mol. The van der Waals surface area contributed by atoms with E-state index < -0.39 is 11.6 Å². The molecule has 0 aliphatic rings. The summed E-state index contributed by atoms with van der Waals surface area (Å²) >= 11 is 3.29. The van der Waals surface area contributed by atoms with Crippen molar-refractivity contribution in [2.24, 2.45) is 0 Å². The summed E-state index contributed by atoms with van der Waals surface area (Å²) in [5.74, 6) is -1.33. The smallest absolute Gasteiger partial charge is 0.342 e. The molecule has 1 heterocycles. The number of phenolic OH excluding ortho intramolecular Hbond substituents is 2. The van der Waals surface area contributed by atoms with E-state index >= 15 is 0 Å². The summed E-state index contributed by atoms with van der Waals surface area (Å²) in [7, 11) is 0. The van der Waals surface area contributed by atoms with Gasteiger partial charge in [0.1, 0.15) is 29.3 Å². The summed E-state index contributed by atoms with van der Waals surface area (Å²) in [6.45, 7) is -0.164. The topological polar surface area (TPSA) is 97.0 Å². The summed E-state index contributed by atoms with van der Waals surface area (Å²) in [6.07, 6.45) is 0. The van der Waals surface area contributed by atoms with E-state index in [0.29, 0.717) is 16.5 Å². The molecule has 3 aromatic rings. The molecular weight excluding hydrogens is 380 g/mol. The predicted molar refractivity (Wildman–Crippen MR) is 89.1 cm³/mol. The molecular formula is C17H11BrO6. The van der Waals surface area contributed by atoms with E-state index in [1.54, 1.807) is 18.2 Å². The molecule has 0 saturated heterocycles. The first-order chi connectivity index (χ1) is 11.4. The summed E-state index contributed by atoms with van der Waals surface area (Å²) < 4.78 is 11.0. The Bertz CT molecular complexity index is 992. The molecule has 2 N–H and O–H groups in total. The van der Waals surface area contributed by atoms with Gasteiger partial charge >= 0.3 is 11.6 Å². The van der Waals surface area contributed by atoms with E-state index in [9.17, 15) is 19.8 Å². The standard InChI is InChI=1S/C17H11BrO6/c18-10-1-3-12-9(5-16(21)24-15(12)6-10)8-23-17(22)13-4-2-11(19)7-14(13)20/h1-7,19-20H,8H2. The lowest BCUT2D eigenvalue weighted by Crippen LogP contribution is -2.08. The van der Waals surface area contributed by atoms with Crippen molar-refractivity contribution in [2.75, 3.05) is 0 Å². The van der Waals surface area contributed by atoms with Gasteiger partial charge in [-0.05, 0) is 30.3 Å². The molecule has 0 unspecified atom stereocenters. The summed E-state index contributed by atoms with van der Waals surface area (Å²) in [5.41, 5.74) is 0.220. The zero-order valence-electron chi connectivity index (χ0n) is 12.2. The number of carbonyl (C=O) groups excluding carboxylic acids is 1. The number of fused-ring (bicyclic) bond motifs is 1. The Balaban J connectivity index is 1.88. The highest BCUT2D eigenvalue weighted by Crippen LogP contribution is 2.25. The van der Waals surface area contributed by atoms with E-state index in [1.165, 1.54) is 18.2 Å². The molecule has 0 saturated carbocycles. The van der Waals surface area contributed by atoms with Gasteiger partial charge < -0.3 is 19.4 Å². The molecule has 0 aliphatic heterocycles. The van der Waals surface area contributed by atoms with Crippen molar-refractivity contribution in [3.05, 3.63) is 68.5 Å². The van der Waals surface area contributed by atoms with Crippen molar-refractivity contribution in [1.82, 2.24) is 0 Å². The number of halogens is 1. The molecule has 1 aromatic heterocycles. The van der Waals surface area contributed by atoms with Gasteiger partial charge in [0.25, 0.3) is 0 Å². The number of aromatic hydroxyl groups is 2. The first-order valence-corrected chi connectivity index (χ1v) is 7.65. The summed E-state index contributed by atoms with van der Waals surface area (Å²) in [4.78, 5) is 23.7. The molecule has 24 heavy (non-hydrogen) atoms. The number of benzene rings is 2. The Hall–Kier alpha value is -2.80. The Labute approximate surface area is 144 Å². The number of ether oxygens (including phenoxy) is 1. The van der Waals surface area contributed by atoms with Gasteiger partial charge in [0.15, 0.2) is 0 Å². The summed E-state index contributed by atoms with van der Waals surface area (Å²) in [5, 5.41) is 19.6. The zero-order chi connectivity index (χ0) is 17.3. The Morgan fingerprint density at radius 1 is 1.12 bits per heavy atom. The van der Waals surface area contributed by atoms with Crippen molar-refractivity contribution >= 4 is 32.9 Å². The molecule has 0 bridgehead atoms. The Morgan fingerprint density at radius 2 is 1.92 bits per heavy atom. The first kappa shape index (κ1) is 16.1. The Morgan fingerprint density at radius 3 is 2.67 bits per heavy atom. The number of hydrogen-bond acceptors (Lipinski definition) is 6. The fourth-order valence-corrected chi connectivity index (χ4v) is 2.58. The molecule has 0 spiro atoms. The molecule has 3 rings (SSSR count). The van der Waals surface area contributed by atoms with Crippen LogP contribution in [0.1, 0.15) is 15.9 Å². The van der Waals surface area contributed by atoms with Crippen molar-refractivity contribution in [2.45, 2.75) is 6.61 Å². The lowest BCUT2D eigenvalue weighted by Gasteiger charge is -2.08. The zero-order valence-corrected chi connectivity index (χ0v) is 13.7. The van der Waals surface area contributed by atoms with Crippen LogP contribution in [0.3, 0.4) is 0 Å². The SMILES string of the molecule is O=C(OCc1cc(=O)oc2cc(Br)ccc12)c1ccc(O)cc1O. The van der Waals surface area contributed by atoms with E-state index in [1.807, 2.05) is 0 Å². The van der Waals surface area contributed by atoms with Crippen LogP contribution in [0, 0.1) is 0 Å². The molecule has 2 aromatic carbocycles. The molecule has 0 atom stereocenters. The van der Waals surface area contributed by atoms with Crippen molar-refractivity contribution in [1.29, 1.82) is 0 Å². The van der Waals surface area contributed by atoms with Crippen molar-refractivity contribution < 1.29 is 24.2 Å². The van der Waals surface area contributed by atoms with Crippen LogP contribution in [0.25, 0.3) is 11.0 Å². The fraction of sp³-hybridized carbons (Fsp3) is 0.0588. The van der Waals surface area contributed by atoms with E-state index in [-0.39, 0.29) is 23.7 Å². The minimum atomic E-state index is -0.772. The normalized spacial score (nSPS) is 10.7. The van der Waals surface area contributed by atoms with Crippen LogP contribution >= 0.6 is 15.9 Å². The first-order valence-electron chi connectivity index (χ1n) is 6.85. The maximum Gasteiger partial charge on any atom is 0.342 e. The molecule has 0 radical (unpaired) electrons. The minimum absolute atomic E-state index is 0.0807. The third-order valence-electron chi connectivity index (χ3n) is 3.35. The van der Waals surface area contributed by atoms with Gasteiger partial charge in [0.2, 0.25) is 0 Å². The fourth-order valence-electron chi connectivity index (χ4n) is 2.24. The highest BCUT2D eigenvalue weighted by atomic mass is 79.9. The average Bonchev–Trinajstić information content (AvgIpc) is 2.51. The van der Waals surface area contributed by atoms with Crippen LogP contribution in [0.15, 0.2) is 56.1 Å². The van der Waals surface area contributed by atoms with Gasteiger partial charge in [-0.15, -0.1) is 0 Å². The lowest BCUT2D eigenvalue weighted by molar-refractivity contribution is 0.0470. The minimum Gasteiger partial charge on any atom is -0.508 e. The highest BCUT2D eigenvalue weighted by Gasteiger charge is 2.15. The van der Waals surface area contributed by atoms with Crippen LogP contribution in [-0.2, 0) is 11.3 Å². The van der Waals surface area contributed by atoms with Gasteiger partial charge in [0.05, 0.1) is 0 Å². The van der Waals surface area contributed by atoms with Gasteiger partial charge in [-0.1, -0.05) is 15.9 Å². The molecule has 122 valence electrons. The molecule has 0 aliphatic carbocycles. The van der Waals surface area contributed by atoms with Crippen molar-refractivity contribution in [3.63, 3.8) is 0 Å². The second kappa shape index (κ2) is 6.37. The molecule has 7 heteroatoms. The van der Waals surface area contributed by atoms with Gasteiger partial charge in [-0.2, -0.15) is 0 Å². The van der Waals surface area contributed by atoms with Crippen LogP contribution in [0.4, 0.5) is 0 Å². The third-order valence-corrected chi connectivity index (χ3v) is 3.85. The molecule has 6 nitrogen and oxygen atoms in total. The van der Waals surface area contributed by atoms with Crippen LogP contribution < -0.4 is 5.63 Å². The monoisotopic (exact) mass is 390 g/mol. The maximum absolute atomic E-state index is 12.1. The van der Waals surface area contributed by atoms with Gasteiger partial charge in [-0.25, -0.2) is 9.59 Å². The Kier molecular flexibility index (Phi) is 4.26. The van der Waals surface area contributed by atoms with Gasteiger partial charge in [-0.3, -0.25) is 0 Å². The number of rotatable bonds is 3. The van der Waals surface area contributed by atoms with Crippen LogP contribution in [0.2, 0.25) is 0 Å². The highest BCUT2D eigenvalue weighted by molar-refractivity contribution is 9.10. The molecule has 0 fully saturated rings. The largest absolute Gasteiger partial charge is 0.508 e. The van der Waals surface area contributed by atoms with Gasteiger partial charge in [0, 0.05) is 27.6 Å². The third kappa shape index (κ3) is 3.26. The van der Waals surface area contributed by atoms with Crippen LogP contribution in [-0.4, -0.2) is 16.2 Å². The second-order valence-corrected chi connectivity index (χ2v) is 5.92. The summed E-state index contributed by atoms with van der Waals surface area (Å²) in [6, 6.07) is 9.97. The maximum atomic E-state index is 12.1. The number of phenols is 2. The van der Waals surface area contributed by atoms with Crippen LogP contribution in [0.5, 0.6) is 11.5 Å². The van der Waals surface area contributed by atoms with E-state index in [0.717, 1.165) is 10.5 Å². The second-order valence-electron chi connectivity index (χ2n) is 5.01. The number of carbonyl (C=O) groups is 1. The number of hydrogen-bond donors (Lipinski definition) is 2. The lowest BCUT2D eigenvalue weighted by atomic mass is 10.1. The van der Waals surface area contributed by atoms with E-state index in [4.69, 9.17) is 9.15 Å².